The van der Waals surface area contributed by atoms with E-state index in [9.17, 15) is 0 Å². The van der Waals surface area contributed by atoms with Crippen LogP contribution in [0.2, 0.25) is 0 Å². The third-order valence-electron chi connectivity index (χ3n) is 2.79. The fourth-order valence-corrected chi connectivity index (χ4v) is 2.13. The van der Waals surface area contributed by atoms with Gasteiger partial charge >= 0.3 is 0 Å². The van der Waals surface area contributed by atoms with Gasteiger partial charge in [0, 0.05) is 30.2 Å². The molecule has 0 radical (unpaired) electrons. The van der Waals surface area contributed by atoms with E-state index in [4.69, 9.17) is 4.74 Å². The van der Waals surface area contributed by atoms with Gasteiger partial charge in [-0.25, -0.2) is 4.98 Å². The van der Waals surface area contributed by atoms with Crippen molar-refractivity contribution < 1.29 is 4.74 Å². The average Bonchev–Trinajstić information content (AvgIpc) is 2.86. The molecule has 0 unspecified atom stereocenters. The van der Waals surface area contributed by atoms with Crippen LogP contribution in [0.1, 0.15) is 12.6 Å². The van der Waals surface area contributed by atoms with Crippen LogP contribution in [0, 0.1) is 6.92 Å². The number of fused-ring (bicyclic) bond motifs is 1. The van der Waals surface area contributed by atoms with Crippen molar-refractivity contribution in [1.29, 1.82) is 0 Å². The Morgan fingerprint density at radius 2 is 2.26 bits per heavy atom. The molecule has 19 heavy (non-hydrogen) atoms. The lowest BCUT2D eigenvalue weighted by Gasteiger charge is -2.23. The van der Waals surface area contributed by atoms with Gasteiger partial charge in [-0.1, -0.05) is 15.9 Å². The van der Waals surface area contributed by atoms with Crippen LogP contribution in [0.5, 0.6) is 0 Å². The molecule has 0 saturated carbocycles. The molecule has 2 rings (SSSR count). The van der Waals surface area contributed by atoms with Crippen LogP contribution in [0.4, 0.5) is 5.82 Å². The van der Waals surface area contributed by atoms with Crippen molar-refractivity contribution in [3.05, 3.63) is 18.1 Å². The summed E-state index contributed by atoms with van der Waals surface area (Å²) in [6.45, 7) is 7.21. The molecule has 0 spiro atoms. The van der Waals surface area contributed by atoms with Crippen LogP contribution < -0.4 is 4.90 Å². The predicted molar refractivity (Wildman–Crippen MR) is 78.0 cm³/mol. The average molecular weight is 328 g/mol. The van der Waals surface area contributed by atoms with Gasteiger partial charge in [0.15, 0.2) is 0 Å². The quantitative estimate of drug-likeness (QED) is 0.572. The molecule has 2 aromatic heterocycles. The first-order chi connectivity index (χ1) is 9.26. The monoisotopic (exact) mass is 327 g/mol. The lowest BCUT2D eigenvalue weighted by Crippen LogP contribution is -2.29. The number of alkyl halides is 1. The summed E-state index contributed by atoms with van der Waals surface area (Å²) in [5.74, 6) is 1.64. The van der Waals surface area contributed by atoms with Crippen molar-refractivity contribution in [1.82, 2.24) is 19.6 Å². The maximum Gasteiger partial charge on any atom is 0.254 e. The fourth-order valence-electron chi connectivity index (χ4n) is 1.90. The number of aromatic nitrogens is 4. The summed E-state index contributed by atoms with van der Waals surface area (Å²) in [5.41, 5.74) is 0.940. The minimum atomic E-state index is 0.634. The molecule has 0 aliphatic carbocycles. The molecule has 7 heteroatoms. The van der Waals surface area contributed by atoms with Gasteiger partial charge in [0.1, 0.15) is 12.1 Å². The Hall–Kier alpha value is -1.21. The zero-order chi connectivity index (χ0) is 13.7. The molecule has 0 N–H and O–H groups in total. The summed E-state index contributed by atoms with van der Waals surface area (Å²) < 4.78 is 7.28. The second kappa shape index (κ2) is 6.81. The van der Waals surface area contributed by atoms with Crippen molar-refractivity contribution in [2.45, 2.75) is 13.8 Å². The zero-order valence-electron chi connectivity index (χ0n) is 11.2. The highest BCUT2D eigenvalue weighted by Crippen LogP contribution is 2.15. The van der Waals surface area contributed by atoms with Gasteiger partial charge in [-0.05, 0) is 13.8 Å². The van der Waals surface area contributed by atoms with Gasteiger partial charge in [-0.15, -0.1) is 0 Å². The smallest absolute Gasteiger partial charge is 0.254 e. The molecule has 0 bridgehead atoms. The molecular formula is C12H18BrN5O. The number of ether oxygens (including phenoxy) is 1. The van der Waals surface area contributed by atoms with Crippen molar-refractivity contribution in [2.24, 2.45) is 0 Å². The molecule has 2 heterocycles. The van der Waals surface area contributed by atoms with Gasteiger partial charge in [0.05, 0.1) is 13.2 Å². The maximum atomic E-state index is 5.51. The number of aryl methyl sites for hydroxylation is 1. The second-order valence-corrected chi connectivity index (χ2v) is 4.90. The van der Waals surface area contributed by atoms with Gasteiger partial charge in [0.2, 0.25) is 0 Å². The lowest BCUT2D eigenvalue weighted by atomic mass is 10.4. The molecule has 6 nitrogen and oxygen atoms in total. The summed E-state index contributed by atoms with van der Waals surface area (Å²) in [5, 5.41) is 5.09. The van der Waals surface area contributed by atoms with Gasteiger partial charge in [-0.3, -0.25) is 0 Å². The number of anilines is 1. The summed E-state index contributed by atoms with van der Waals surface area (Å²) in [7, 11) is 0. The van der Waals surface area contributed by atoms with Crippen molar-refractivity contribution in [3.63, 3.8) is 0 Å². The van der Waals surface area contributed by atoms with Gasteiger partial charge in [0.25, 0.3) is 5.78 Å². The molecule has 104 valence electrons. The SMILES string of the molecule is CCN(CCOCCBr)c1cc(C)nc2ncnn12. The van der Waals surface area contributed by atoms with Crippen LogP contribution in [-0.2, 0) is 4.74 Å². The molecule has 2 aromatic rings. The van der Waals surface area contributed by atoms with Gasteiger partial charge in [-0.2, -0.15) is 14.6 Å². The normalized spacial score (nSPS) is 11.1. The highest BCUT2D eigenvalue weighted by Gasteiger charge is 2.11. The highest BCUT2D eigenvalue weighted by atomic mass is 79.9. The van der Waals surface area contributed by atoms with Crippen molar-refractivity contribution in [3.8, 4) is 0 Å². The Morgan fingerprint density at radius 3 is 3.00 bits per heavy atom. The topological polar surface area (TPSA) is 55.5 Å². The van der Waals surface area contributed by atoms with Crippen LogP contribution in [0.25, 0.3) is 5.78 Å². The zero-order valence-corrected chi connectivity index (χ0v) is 12.8. The standard InChI is InChI=1S/C12H18BrN5O/c1-3-17(5-7-19-6-4-13)11-8-10(2)16-12-14-9-15-18(11)12/h8-9H,3-7H2,1-2H3. The molecular weight excluding hydrogens is 310 g/mol. The first kappa shape index (κ1) is 14.2. The van der Waals surface area contributed by atoms with Crippen LogP contribution >= 0.6 is 15.9 Å². The van der Waals surface area contributed by atoms with E-state index in [-0.39, 0.29) is 0 Å². The molecule has 0 aromatic carbocycles. The van der Waals surface area contributed by atoms with E-state index in [1.807, 2.05) is 13.0 Å². The fraction of sp³-hybridized carbons (Fsp3) is 0.583. The van der Waals surface area contributed by atoms with E-state index < -0.39 is 0 Å². The Balaban J connectivity index is 2.17. The Labute approximate surface area is 120 Å². The largest absolute Gasteiger partial charge is 0.379 e. The van der Waals surface area contributed by atoms with E-state index in [2.05, 4.69) is 42.8 Å². The molecule has 0 saturated heterocycles. The van der Waals surface area contributed by atoms with Crippen molar-refractivity contribution >= 4 is 27.5 Å². The number of nitrogens with zero attached hydrogens (tertiary/aromatic N) is 5. The molecule has 0 aliphatic rings. The Kier molecular flexibility index (Phi) is 5.09. The van der Waals surface area contributed by atoms with Crippen LogP contribution in [-0.4, -0.2) is 51.2 Å². The van der Waals surface area contributed by atoms with E-state index in [0.717, 1.165) is 36.5 Å². The van der Waals surface area contributed by atoms with E-state index in [0.29, 0.717) is 12.4 Å². The minimum absolute atomic E-state index is 0.634. The summed E-state index contributed by atoms with van der Waals surface area (Å²) >= 11 is 3.35. The number of hydrogen-bond donors (Lipinski definition) is 0. The van der Waals surface area contributed by atoms with Crippen molar-refractivity contribution in [2.75, 3.05) is 36.5 Å². The molecule has 0 amide bonds. The Bertz CT molecular complexity index is 530. The summed E-state index contributed by atoms with van der Waals surface area (Å²) in [6.07, 6.45) is 1.53. The van der Waals surface area contributed by atoms with E-state index >= 15 is 0 Å². The summed E-state index contributed by atoms with van der Waals surface area (Å²) in [6, 6.07) is 2.02. The molecule has 0 atom stereocenters. The number of rotatable bonds is 7. The first-order valence-electron chi connectivity index (χ1n) is 6.32. The van der Waals surface area contributed by atoms with E-state index in [1.54, 1.807) is 4.52 Å². The third kappa shape index (κ3) is 3.42. The third-order valence-corrected chi connectivity index (χ3v) is 3.12. The minimum Gasteiger partial charge on any atom is -0.379 e. The predicted octanol–water partition coefficient (Wildman–Crippen LogP) is 1.67. The summed E-state index contributed by atoms with van der Waals surface area (Å²) in [4.78, 5) is 10.7. The highest BCUT2D eigenvalue weighted by molar-refractivity contribution is 9.09. The number of halogens is 1. The van der Waals surface area contributed by atoms with Crippen LogP contribution in [0.3, 0.4) is 0 Å². The van der Waals surface area contributed by atoms with Gasteiger partial charge < -0.3 is 9.64 Å². The first-order valence-corrected chi connectivity index (χ1v) is 7.44. The lowest BCUT2D eigenvalue weighted by molar-refractivity contribution is 0.157. The Morgan fingerprint density at radius 1 is 1.42 bits per heavy atom. The number of likely N-dealkylation sites (N-methyl/N-ethyl adjacent to an activating group) is 1. The maximum absolute atomic E-state index is 5.51. The molecule has 0 aliphatic heterocycles. The van der Waals surface area contributed by atoms with Crippen LogP contribution in [0.15, 0.2) is 12.4 Å². The van der Waals surface area contributed by atoms with E-state index in [1.165, 1.54) is 6.33 Å². The number of hydrogen-bond acceptors (Lipinski definition) is 5. The second-order valence-electron chi connectivity index (χ2n) is 4.11. The molecule has 0 fully saturated rings.